The van der Waals surface area contributed by atoms with Crippen molar-refractivity contribution in [3.63, 3.8) is 0 Å². The number of nitrogens with zero attached hydrogens (tertiary/aromatic N) is 1. The van der Waals surface area contributed by atoms with Crippen molar-refractivity contribution in [2.75, 3.05) is 0 Å². The highest BCUT2D eigenvalue weighted by molar-refractivity contribution is 5.14. The van der Waals surface area contributed by atoms with Crippen molar-refractivity contribution < 1.29 is 5.11 Å². The van der Waals surface area contributed by atoms with Crippen molar-refractivity contribution >= 4 is 0 Å². The first-order valence-corrected chi connectivity index (χ1v) is 6.61. The standard InChI is InChI=1S/C16H20N2O/c1-13(18-11-14-6-3-2-4-7-14)10-16(19)15-8-5-9-17-12-15/h2-9,12-13,16,18-19H,10-11H2,1H3. The second kappa shape index (κ2) is 7.02. The van der Waals surface area contributed by atoms with Crippen LogP contribution in [0.2, 0.25) is 0 Å². The molecule has 0 fully saturated rings. The molecule has 3 heteroatoms. The Morgan fingerprint density at radius 1 is 1.16 bits per heavy atom. The summed E-state index contributed by atoms with van der Waals surface area (Å²) in [6.45, 7) is 2.91. The third kappa shape index (κ3) is 4.47. The summed E-state index contributed by atoms with van der Waals surface area (Å²) in [6.07, 6.45) is 3.65. The first kappa shape index (κ1) is 13.7. The van der Waals surface area contributed by atoms with Crippen LogP contribution in [0.4, 0.5) is 0 Å². The van der Waals surface area contributed by atoms with Crippen molar-refractivity contribution in [3.05, 3.63) is 66.0 Å². The van der Waals surface area contributed by atoms with E-state index in [1.165, 1.54) is 5.56 Å². The minimum absolute atomic E-state index is 0.246. The summed E-state index contributed by atoms with van der Waals surface area (Å²) in [7, 11) is 0. The fraction of sp³-hybridized carbons (Fsp3) is 0.312. The van der Waals surface area contributed by atoms with Crippen LogP contribution in [0.1, 0.15) is 30.6 Å². The van der Waals surface area contributed by atoms with Gasteiger partial charge in [-0.05, 0) is 30.5 Å². The summed E-state index contributed by atoms with van der Waals surface area (Å²) in [5, 5.41) is 13.5. The zero-order chi connectivity index (χ0) is 13.5. The summed E-state index contributed by atoms with van der Waals surface area (Å²) < 4.78 is 0. The average Bonchev–Trinajstić information content (AvgIpc) is 2.47. The maximum atomic E-state index is 10.1. The van der Waals surface area contributed by atoms with Gasteiger partial charge in [0.2, 0.25) is 0 Å². The van der Waals surface area contributed by atoms with E-state index in [0.29, 0.717) is 6.42 Å². The summed E-state index contributed by atoms with van der Waals surface area (Å²) in [4.78, 5) is 4.03. The van der Waals surface area contributed by atoms with Gasteiger partial charge in [0.1, 0.15) is 0 Å². The highest BCUT2D eigenvalue weighted by atomic mass is 16.3. The van der Waals surface area contributed by atoms with E-state index in [9.17, 15) is 5.11 Å². The minimum atomic E-state index is -0.466. The van der Waals surface area contributed by atoms with Gasteiger partial charge in [0.15, 0.2) is 0 Å². The molecule has 2 atom stereocenters. The van der Waals surface area contributed by atoms with E-state index in [1.807, 2.05) is 30.3 Å². The highest BCUT2D eigenvalue weighted by Gasteiger charge is 2.11. The maximum Gasteiger partial charge on any atom is 0.0819 e. The number of aromatic nitrogens is 1. The Hall–Kier alpha value is -1.71. The highest BCUT2D eigenvalue weighted by Crippen LogP contribution is 2.17. The Morgan fingerprint density at radius 3 is 2.63 bits per heavy atom. The van der Waals surface area contributed by atoms with Crippen molar-refractivity contribution in [1.82, 2.24) is 10.3 Å². The Bertz CT molecular complexity index is 473. The van der Waals surface area contributed by atoms with Gasteiger partial charge < -0.3 is 10.4 Å². The predicted octanol–water partition coefficient (Wildman–Crippen LogP) is 2.68. The van der Waals surface area contributed by atoms with E-state index >= 15 is 0 Å². The molecule has 2 N–H and O–H groups in total. The minimum Gasteiger partial charge on any atom is -0.388 e. The zero-order valence-electron chi connectivity index (χ0n) is 11.2. The van der Waals surface area contributed by atoms with Crippen LogP contribution >= 0.6 is 0 Å². The predicted molar refractivity (Wildman–Crippen MR) is 76.6 cm³/mol. The average molecular weight is 256 g/mol. The number of aliphatic hydroxyl groups is 1. The molecule has 2 aromatic rings. The molecule has 0 saturated heterocycles. The van der Waals surface area contributed by atoms with Crippen LogP contribution in [0.3, 0.4) is 0 Å². The Labute approximate surface area is 114 Å². The molecule has 1 aromatic heterocycles. The van der Waals surface area contributed by atoms with Crippen molar-refractivity contribution in [2.45, 2.75) is 32.0 Å². The normalized spacial score (nSPS) is 14.0. The number of nitrogens with one attached hydrogen (secondary N) is 1. The molecule has 0 radical (unpaired) electrons. The molecule has 0 spiro atoms. The summed E-state index contributed by atoms with van der Waals surface area (Å²) >= 11 is 0. The maximum absolute atomic E-state index is 10.1. The Balaban J connectivity index is 1.80. The van der Waals surface area contributed by atoms with Crippen LogP contribution in [0.5, 0.6) is 0 Å². The van der Waals surface area contributed by atoms with Crippen LogP contribution < -0.4 is 5.32 Å². The van der Waals surface area contributed by atoms with Crippen LogP contribution in [0, 0.1) is 0 Å². The van der Waals surface area contributed by atoms with Gasteiger partial charge in [-0.25, -0.2) is 0 Å². The van der Waals surface area contributed by atoms with Crippen molar-refractivity contribution in [2.24, 2.45) is 0 Å². The second-order valence-corrected chi connectivity index (χ2v) is 4.81. The summed E-state index contributed by atoms with van der Waals surface area (Å²) in [5.74, 6) is 0. The van der Waals surface area contributed by atoms with Crippen LogP contribution in [0.15, 0.2) is 54.9 Å². The van der Waals surface area contributed by atoms with Gasteiger partial charge in [0, 0.05) is 25.0 Å². The fourth-order valence-corrected chi connectivity index (χ4v) is 2.02. The van der Waals surface area contributed by atoms with E-state index < -0.39 is 6.10 Å². The number of hydrogen-bond acceptors (Lipinski definition) is 3. The lowest BCUT2D eigenvalue weighted by Gasteiger charge is -2.18. The van der Waals surface area contributed by atoms with Gasteiger partial charge in [-0.3, -0.25) is 4.98 Å². The number of pyridine rings is 1. The molecule has 0 saturated carbocycles. The number of benzene rings is 1. The number of rotatable bonds is 6. The van der Waals surface area contributed by atoms with Crippen LogP contribution in [-0.4, -0.2) is 16.1 Å². The molecule has 100 valence electrons. The molecule has 2 unspecified atom stereocenters. The van der Waals surface area contributed by atoms with Crippen molar-refractivity contribution in [3.8, 4) is 0 Å². The SMILES string of the molecule is CC(CC(O)c1cccnc1)NCc1ccccc1. The molecular weight excluding hydrogens is 236 g/mol. The first-order valence-electron chi connectivity index (χ1n) is 6.61. The lowest BCUT2D eigenvalue weighted by Crippen LogP contribution is -2.27. The quantitative estimate of drug-likeness (QED) is 0.835. The molecule has 0 aliphatic rings. The molecule has 19 heavy (non-hydrogen) atoms. The molecular formula is C16H20N2O. The molecule has 0 amide bonds. The Kier molecular flexibility index (Phi) is 5.07. The van der Waals surface area contributed by atoms with E-state index in [0.717, 1.165) is 12.1 Å². The molecule has 1 aromatic carbocycles. The second-order valence-electron chi connectivity index (χ2n) is 4.81. The molecule has 0 aliphatic heterocycles. The molecule has 0 aliphatic carbocycles. The van der Waals surface area contributed by atoms with Crippen LogP contribution in [0.25, 0.3) is 0 Å². The summed E-state index contributed by atoms with van der Waals surface area (Å²) in [6, 6.07) is 14.3. The Morgan fingerprint density at radius 2 is 1.95 bits per heavy atom. The first-order chi connectivity index (χ1) is 9.25. The van der Waals surface area contributed by atoms with Gasteiger partial charge in [0.05, 0.1) is 6.10 Å². The lowest BCUT2D eigenvalue weighted by atomic mass is 10.0. The monoisotopic (exact) mass is 256 g/mol. The summed E-state index contributed by atoms with van der Waals surface area (Å²) in [5.41, 5.74) is 2.13. The van der Waals surface area contributed by atoms with E-state index in [2.05, 4.69) is 29.4 Å². The van der Waals surface area contributed by atoms with E-state index in [4.69, 9.17) is 0 Å². The molecule has 2 rings (SSSR count). The van der Waals surface area contributed by atoms with Gasteiger partial charge >= 0.3 is 0 Å². The smallest absolute Gasteiger partial charge is 0.0819 e. The third-order valence-electron chi connectivity index (χ3n) is 3.14. The third-order valence-corrected chi connectivity index (χ3v) is 3.14. The molecule has 1 heterocycles. The lowest BCUT2D eigenvalue weighted by molar-refractivity contribution is 0.153. The van der Waals surface area contributed by atoms with Gasteiger partial charge in [-0.1, -0.05) is 36.4 Å². The fourth-order valence-electron chi connectivity index (χ4n) is 2.02. The van der Waals surface area contributed by atoms with Gasteiger partial charge in [-0.15, -0.1) is 0 Å². The van der Waals surface area contributed by atoms with Gasteiger partial charge in [-0.2, -0.15) is 0 Å². The number of aliphatic hydroxyl groups excluding tert-OH is 1. The van der Waals surface area contributed by atoms with E-state index in [-0.39, 0.29) is 6.04 Å². The van der Waals surface area contributed by atoms with Crippen LogP contribution in [-0.2, 0) is 6.54 Å². The molecule has 3 nitrogen and oxygen atoms in total. The topological polar surface area (TPSA) is 45.2 Å². The van der Waals surface area contributed by atoms with E-state index in [1.54, 1.807) is 12.4 Å². The zero-order valence-corrected chi connectivity index (χ0v) is 11.2. The van der Waals surface area contributed by atoms with Gasteiger partial charge in [0.25, 0.3) is 0 Å². The van der Waals surface area contributed by atoms with Crippen molar-refractivity contribution in [1.29, 1.82) is 0 Å². The number of hydrogen-bond donors (Lipinski definition) is 2. The largest absolute Gasteiger partial charge is 0.388 e. The molecule has 0 bridgehead atoms.